The maximum absolute atomic E-state index is 12.9. The van der Waals surface area contributed by atoms with Crippen molar-refractivity contribution in [1.82, 2.24) is 20.1 Å². The number of aromatic nitrogens is 1. The number of hydrogen-bond acceptors (Lipinski definition) is 6. The number of nitrogens with one attached hydrogen (secondary N) is 1. The number of piperazine rings is 1. The minimum atomic E-state index is -0.272. The van der Waals surface area contributed by atoms with Gasteiger partial charge in [0.2, 0.25) is 0 Å². The molecular formula is C30H29Cl3N6O2. The first-order valence-corrected chi connectivity index (χ1v) is 14.6. The molecule has 3 aromatic rings. The number of likely N-dealkylation sites (tertiary alicyclic amines) is 1. The van der Waals surface area contributed by atoms with Gasteiger partial charge in [-0.3, -0.25) is 14.5 Å². The summed E-state index contributed by atoms with van der Waals surface area (Å²) >= 11 is 18.6. The summed E-state index contributed by atoms with van der Waals surface area (Å²) in [5.41, 5.74) is 2.40. The summed E-state index contributed by atoms with van der Waals surface area (Å²) < 4.78 is 0. The normalized spacial score (nSPS) is 16.3. The van der Waals surface area contributed by atoms with Gasteiger partial charge < -0.3 is 15.1 Å². The number of benzene rings is 2. The summed E-state index contributed by atoms with van der Waals surface area (Å²) in [4.78, 5) is 36.6. The molecule has 11 heteroatoms. The Morgan fingerprint density at radius 3 is 2.22 bits per heavy atom. The van der Waals surface area contributed by atoms with Crippen LogP contribution in [0.25, 0.3) is 0 Å². The third-order valence-electron chi connectivity index (χ3n) is 7.66. The molecule has 8 nitrogen and oxygen atoms in total. The largest absolute Gasteiger partial charge is 0.353 e. The molecule has 2 saturated heterocycles. The van der Waals surface area contributed by atoms with Crippen molar-refractivity contribution in [2.24, 2.45) is 0 Å². The number of carbonyl (C=O) groups excluding carboxylic acids is 2. The molecule has 0 aliphatic carbocycles. The number of rotatable bonds is 6. The Morgan fingerprint density at radius 2 is 1.59 bits per heavy atom. The molecule has 212 valence electrons. The van der Waals surface area contributed by atoms with E-state index in [0.29, 0.717) is 63.3 Å². The van der Waals surface area contributed by atoms with Crippen LogP contribution in [-0.2, 0) is 6.54 Å². The van der Waals surface area contributed by atoms with E-state index >= 15 is 0 Å². The Balaban J connectivity index is 1.10. The first-order valence-electron chi connectivity index (χ1n) is 13.5. The molecule has 41 heavy (non-hydrogen) atoms. The minimum absolute atomic E-state index is 0.0185. The Morgan fingerprint density at radius 1 is 0.878 bits per heavy atom. The molecule has 3 heterocycles. The molecule has 1 aromatic heterocycles. The van der Waals surface area contributed by atoms with Crippen molar-refractivity contribution in [1.29, 1.82) is 5.26 Å². The second-order valence-corrected chi connectivity index (χ2v) is 11.4. The lowest BCUT2D eigenvalue weighted by Gasteiger charge is -2.43. The Bertz CT molecular complexity index is 1460. The highest BCUT2D eigenvalue weighted by molar-refractivity contribution is 6.42. The van der Waals surface area contributed by atoms with Gasteiger partial charge in [-0.05, 0) is 60.9 Å². The molecule has 1 N–H and O–H groups in total. The van der Waals surface area contributed by atoms with Gasteiger partial charge in [0.1, 0.15) is 5.82 Å². The molecule has 0 spiro atoms. The second kappa shape index (κ2) is 13.1. The van der Waals surface area contributed by atoms with E-state index in [1.165, 1.54) is 0 Å². The molecular weight excluding hydrogens is 583 g/mol. The number of carbonyl (C=O) groups is 2. The summed E-state index contributed by atoms with van der Waals surface area (Å²) in [6, 6.07) is 16.2. The van der Waals surface area contributed by atoms with Gasteiger partial charge in [0.15, 0.2) is 0 Å². The Labute approximate surface area is 254 Å². The standard InChI is InChI=1S/C30H29Cl3N6O2/c31-25-6-3-21(15-26(25)32)18-36-29(40)23-16-27(33)28(35-19-23)38-13-11-37(12-14-38)24-7-9-39(10-8-24)30(41)22-4-1-20(17-34)2-5-22/h1-6,15-16,19,24H,7-14,18H2,(H,36,40). The molecule has 2 aromatic carbocycles. The minimum Gasteiger partial charge on any atom is -0.353 e. The Kier molecular flexibility index (Phi) is 9.31. The number of piperidine rings is 1. The van der Waals surface area contributed by atoms with Crippen molar-refractivity contribution >= 4 is 52.4 Å². The fourth-order valence-corrected chi connectivity index (χ4v) is 5.93. The average molecular weight is 612 g/mol. The number of anilines is 1. The highest BCUT2D eigenvalue weighted by Gasteiger charge is 2.30. The number of hydrogen-bond donors (Lipinski definition) is 1. The van der Waals surface area contributed by atoms with Crippen molar-refractivity contribution in [2.75, 3.05) is 44.2 Å². The van der Waals surface area contributed by atoms with Gasteiger partial charge in [0.25, 0.3) is 11.8 Å². The van der Waals surface area contributed by atoms with Crippen molar-refractivity contribution in [3.05, 3.63) is 92.0 Å². The van der Waals surface area contributed by atoms with Crippen LogP contribution in [0.15, 0.2) is 54.7 Å². The quantitative estimate of drug-likeness (QED) is 0.408. The summed E-state index contributed by atoms with van der Waals surface area (Å²) in [7, 11) is 0. The van der Waals surface area contributed by atoms with Crippen LogP contribution in [0.3, 0.4) is 0 Å². The summed E-state index contributed by atoms with van der Waals surface area (Å²) in [5.74, 6) is 0.422. The van der Waals surface area contributed by atoms with Crippen LogP contribution in [0.1, 0.15) is 44.7 Å². The van der Waals surface area contributed by atoms with Crippen molar-refractivity contribution in [3.63, 3.8) is 0 Å². The van der Waals surface area contributed by atoms with Crippen molar-refractivity contribution < 1.29 is 9.59 Å². The summed E-state index contributed by atoms with van der Waals surface area (Å²) in [6.45, 7) is 5.03. The first-order chi connectivity index (χ1) is 19.8. The van der Waals surface area contributed by atoms with Gasteiger partial charge in [-0.25, -0.2) is 4.98 Å². The smallest absolute Gasteiger partial charge is 0.253 e. The maximum atomic E-state index is 12.9. The van der Waals surface area contributed by atoms with Crippen LogP contribution < -0.4 is 10.2 Å². The zero-order valence-corrected chi connectivity index (χ0v) is 24.6. The lowest BCUT2D eigenvalue weighted by Crippen LogP contribution is -2.54. The molecule has 0 radical (unpaired) electrons. The predicted molar refractivity (Wildman–Crippen MR) is 161 cm³/mol. The van der Waals surface area contributed by atoms with Crippen LogP contribution in [-0.4, -0.2) is 71.9 Å². The second-order valence-electron chi connectivity index (χ2n) is 10.2. The predicted octanol–water partition coefficient (Wildman–Crippen LogP) is 5.27. The zero-order chi connectivity index (χ0) is 28.9. The fourth-order valence-electron chi connectivity index (χ4n) is 5.32. The fraction of sp³-hybridized carbons (Fsp3) is 0.333. The van der Waals surface area contributed by atoms with E-state index in [9.17, 15) is 9.59 Å². The van der Waals surface area contributed by atoms with E-state index in [0.717, 1.165) is 44.6 Å². The van der Waals surface area contributed by atoms with E-state index in [4.69, 9.17) is 40.1 Å². The number of pyridine rings is 1. The van der Waals surface area contributed by atoms with Crippen LogP contribution >= 0.6 is 34.8 Å². The number of halogens is 3. The van der Waals surface area contributed by atoms with Crippen LogP contribution in [0.4, 0.5) is 5.82 Å². The van der Waals surface area contributed by atoms with E-state index in [-0.39, 0.29) is 11.8 Å². The molecule has 0 bridgehead atoms. The Hall–Kier alpha value is -3.35. The third kappa shape index (κ3) is 6.94. The van der Waals surface area contributed by atoms with E-state index in [2.05, 4.69) is 26.2 Å². The maximum Gasteiger partial charge on any atom is 0.253 e. The molecule has 5 rings (SSSR count). The monoisotopic (exact) mass is 610 g/mol. The van der Waals surface area contributed by atoms with E-state index in [1.54, 1.807) is 48.7 Å². The third-order valence-corrected chi connectivity index (χ3v) is 8.68. The number of nitrogens with zero attached hydrogens (tertiary/aromatic N) is 5. The SMILES string of the molecule is N#Cc1ccc(C(=O)N2CCC(N3CCN(c4ncc(C(=O)NCc5ccc(Cl)c(Cl)c5)cc4Cl)CC3)CC2)cc1. The molecule has 2 fully saturated rings. The van der Waals surface area contributed by atoms with E-state index in [1.807, 2.05) is 11.0 Å². The van der Waals surface area contributed by atoms with Gasteiger partial charge in [-0.15, -0.1) is 0 Å². The topological polar surface area (TPSA) is 92.6 Å². The average Bonchev–Trinajstić information content (AvgIpc) is 3.01. The number of nitriles is 1. The first kappa shape index (κ1) is 29.2. The molecule has 0 saturated carbocycles. The molecule has 2 aliphatic rings. The van der Waals surface area contributed by atoms with E-state index < -0.39 is 0 Å². The van der Waals surface area contributed by atoms with Crippen LogP contribution in [0.5, 0.6) is 0 Å². The lowest BCUT2D eigenvalue weighted by atomic mass is 10.0. The van der Waals surface area contributed by atoms with Gasteiger partial charge in [0, 0.05) is 63.6 Å². The van der Waals surface area contributed by atoms with Gasteiger partial charge in [-0.2, -0.15) is 5.26 Å². The van der Waals surface area contributed by atoms with Crippen molar-refractivity contribution in [2.45, 2.75) is 25.4 Å². The molecule has 0 atom stereocenters. The molecule has 2 amide bonds. The van der Waals surface area contributed by atoms with Gasteiger partial charge in [0.05, 0.1) is 32.3 Å². The van der Waals surface area contributed by atoms with Gasteiger partial charge >= 0.3 is 0 Å². The summed E-state index contributed by atoms with van der Waals surface area (Å²) in [5, 5.41) is 13.2. The highest BCUT2D eigenvalue weighted by Crippen LogP contribution is 2.27. The van der Waals surface area contributed by atoms with Gasteiger partial charge in [-0.1, -0.05) is 40.9 Å². The van der Waals surface area contributed by atoms with Crippen molar-refractivity contribution in [3.8, 4) is 6.07 Å². The zero-order valence-electron chi connectivity index (χ0n) is 22.3. The van der Waals surface area contributed by atoms with Crippen LogP contribution in [0, 0.1) is 11.3 Å². The molecule has 0 unspecified atom stereocenters. The lowest BCUT2D eigenvalue weighted by molar-refractivity contribution is 0.0610. The number of amides is 2. The van der Waals surface area contributed by atoms with Crippen LogP contribution in [0.2, 0.25) is 15.1 Å². The molecule has 2 aliphatic heterocycles. The summed E-state index contributed by atoms with van der Waals surface area (Å²) in [6.07, 6.45) is 3.40. The highest BCUT2D eigenvalue weighted by atomic mass is 35.5.